The molecule has 13 heavy (non-hydrogen) atoms. The molecule has 1 unspecified atom stereocenters. The number of hydrogen-bond acceptors (Lipinski definition) is 2. The lowest BCUT2D eigenvalue weighted by Crippen LogP contribution is -2.11. The van der Waals surface area contributed by atoms with Gasteiger partial charge in [-0.25, -0.2) is 0 Å². The lowest BCUT2D eigenvalue weighted by atomic mass is 10.3. The molecule has 0 spiro atoms. The molecule has 5 heteroatoms. The fourth-order valence-corrected chi connectivity index (χ4v) is 1.46. The van der Waals surface area contributed by atoms with Gasteiger partial charge in [0.1, 0.15) is 0 Å². The van der Waals surface area contributed by atoms with E-state index in [-0.39, 0.29) is 0 Å². The van der Waals surface area contributed by atoms with Gasteiger partial charge in [0.05, 0.1) is 5.52 Å². The van der Waals surface area contributed by atoms with Crippen molar-refractivity contribution in [3.8, 4) is 0 Å². The van der Waals surface area contributed by atoms with Crippen LogP contribution in [0.5, 0.6) is 0 Å². The average molecular weight is 197 g/mol. The third kappa shape index (κ3) is 1.56. The van der Waals surface area contributed by atoms with Crippen LogP contribution in [0.15, 0.2) is 36.5 Å². The molecule has 1 N–H and O–H groups in total. The van der Waals surface area contributed by atoms with E-state index in [0.717, 1.165) is 10.9 Å². The Labute approximate surface area is 77.2 Å². The second-order valence-electron chi connectivity index (χ2n) is 2.49. The van der Waals surface area contributed by atoms with Gasteiger partial charge in [-0.1, -0.05) is 18.2 Å². The minimum atomic E-state index is -2.29. The lowest BCUT2D eigenvalue weighted by molar-refractivity contribution is 0.283. The highest BCUT2D eigenvalue weighted by molar-refractivity contribution is 7.74. The molecular formula is C8H7NO3S. The molecule has 0 fully saturated rings. The zero-order valence-corrected chi connectivity index (χ0v) is 7.40. The molecule has 1 heterocycles. The number of nitrogens with zero attached hydrogens (tertiary/aromatic N) is 1. The summed E-state index contributed by atoms with van der Waals surface area (Å²) in [4.78, 5) is 0. The van der Waals surface area contributed by atoms with Crippen LogP contribution in [0.2, 0.25) is 0 Å². The van der Waals surface area contributed by atoms with Crippen molar-refractivity contribution in [3.05, 3.63) is 36.5 Å². The predicted octanol–water partition coefficient (Wildman–Crippen LogP) is 1.21. The average Bonchev–Trinajstić information content (AvgIpc) is 2.48. The Morgan fingerprint density at radius 1 is 1.31 bits per heavy atom. The number of rotatable bonds is 2. The Kier molecular flexibility index (Phi) is 2.03. The molecule has 4 nitrogen and oxygen atoms in total. The van der Waals surface area contributed by atoms with Crippen LogP contribution in [-0.4, -0.2) is 13.5 Å². The van der Waals surface area contributed by atoms with Crippen LogP contribution in [0.4, 0.5) is 0 Å². The maximum atomic E-state index is 10.4. The van der Waals surface area contributed by atoms with Gasteiger partial charge in [-0.05, 0) is 12.1 Å². The van der Waals surface area contributed by atoms with Gasteiger partial charge >= 0.3 is 11.4 Å². The molecule has 1 aromatic carbocycles. The smallest absolute Gasteiger partial charge is 0.285 e. The fraction of sp³-hybridized carbons (Fsp3) is 0. The molecular weight excluding hydrogens is 190 g/mol. The Hall–Kier alpha value is -1.33. The van der Waals surface area contributed by atoms with Crippen molar-refractivity contribution in [2.24, 2.45) is 0 Å². The molecule has 0 saturated carbocycles. The molecule has 0 amide bonds. The van der Waals surface area contributed by atoms with Crippen molar-refractivity contribution in [3.63, 3.8) is 0 Å². The Bertz CT molecular complexity index is 451. The van der Waals surface area contributed by atoms with Gasteiger partial charge in [0.2, 0.25) is 0 Å². The van der Waals surface area contributed by atoms with E-state index >= 15 is 0 Å². The summed E-state index contributed by atoms with van der Waals surface area (Å²) in [5.41, 5.74) is 0.768. The van der Waals surface area contributed by atoms with Gasteiger partial charge in [0.15, 0.2) is 0 Å². The van der Waals surface area contributed by atoms with Gasteiger partial charge in [-0.15, -0.1) is 0 Å². The highest BCUT2D eigenvalue weighted by atomic mass is 32.2. The zero-order valence-electron chi connectivity index (χ0n) is 6.58. The van der Waals surface area contributed by atoms with Gasteiger partial charge < -0.3 is 0 Å². The summed E-state index contributed by atoms with van der Waals surface area (Å²) in [6.45, 7) is 0. The van der Waals surface area contributed by atoms with Crippen LogP contribution in [0.1, 0.15) is 0 Å². The maximum Gasteiger partial charge on any atom is 0.377 e. The lowest BCUT2D eigenvalue weighted by Gasteiger charge is -2.00. The minimum Gasteiger partial charge on any atom is -0.285 e. The van der Waals surface area contributed by atoms with E-state index in [4.69, 9.17) is 4.55 Å². The van der Waals surface area contributed by atoms with Gasteiger partial charge in [-0.2, -0.15) is 8.94 Å². The van der Waals surface area contributed by atoms with E-state index in [9.17, 15) is 4.21 Å². The highest BCUT2D eigenvalue weighted by Crippen LogP contribution is 2.13. The van der Waals surface area contributed by atoms with Crippen molar-refractivity contribution in [2.75, 3.05) is 0 Å². The molecule has 2 aromatic rings. The number of para-hydroxylation sites is 1. The molecule has 1 atom stereocenters. The second-order valence-corrected chi connectivity index (χ2v) is 3.08. The minimum absolute atomic E-state index is 0.768. The van der Waals surface area contributed by atoms with Crippen LogP contribution in [-0.2, 0) is 11.4 Å². The van der Waals surface area contributed by atoms with Crippen LogP contribution in [0.25, 0.3) is 10.9 Å². The van der Waals surface area contributed by atoms with Crippen molar-refractivity contribution in [2.45, 2.75) is 0 Å². The van der Waals surface area contributed by atoms with Crippen molar-refractivity contribution < 1.29 is 13.0 Å². The standard InChI is InChI=1S/C8H7NO3S/c10-13(11)12-9-6-5-7-3-1-2-4-8(7)9/h1-6H,(H,10,11). The number of benzene rings is 1. The van der Waals surface area contributed by atoms with Crippen molar-refractivity contribution in [1.82, 2.24) is 4.73 Å². The SMILES string of the molecule is O=S(O)On1ccc2ccccc21. The summed E-state index contributed by atoms with van der Waals surface area (Å²) in [6, 6.07) is 9.24. The summed E-state index contributed by atoms with van der Waals surface area (Å²) in [5, 5.41) is 0.966. The molecule has 0 saturated heterocycles. The Morgan fingerprint density at radius 2 is 2.08 bits per heavy atom. The Morgan fingerprint density at radius 3 is 2.85 bits per heavy atom. The first-order valence-electron chi connectivity index (χ1n) is 3.63. The third-order valence-electron chi connectivity index (χ3n) is 1.71. The van der Waals surface area contributed by atoms with Crippen LogP contribution in [0, 0.1) is 0 Å². The quantitative estimate of drug-likeness (QED) is 0.736. The summed E-state index contributed by atoms with van der Waals surface area (Å²) < 4.78 is 24.8. The molecule has 0 radical (unpaired) electrons. The largest absolute Gasteiger partial charge is 0.377 e. The summed E-state index contributed by atoms with van der Waals surface area (Å²) >= 11 is -2.29. The highest BCUT2D eigenvalue weighted by Gasteiger charge is 2.01. The molecule has 0 bridgehead atoms. The monoisotopic (exact) mass is 197 g/mol. The summed E-state index contributed by atoms with van der Waals surface area (Å²) in [7, 11) is 0. The van der Waals surface area contributed by atoms with Gasteiger partial charge in [-0.3, -0.25) is 8.84 Å². The first-order valence-corrected chi connectivity index (χ1v) is 4.66. The fourth-order valence-electron chi connectivity index (χ4n) is 1.19. The summed E-state index contributed by atoms with van der Waals surface area (Å²) in [6.07, 6.45) is 1.60. The predicted molar refractivity (Wildman–Crippen MR) is 49.3 cm³/mol. The van der Waals surface area contributed by atoms with Crippen molar-refractivity contribution >= 4 is 22.3 Å². The first-order chi connectivity index (χ1) is 6.27. The third-order valence-corrected chi connectivity index (χ3v) is 2.00. The molecule has 2 rings (SSSR count). The number of aromatic nitrogens is 1. The van der Waals surface area contributed by atoms with E-state index in [1.165, 1.54) is 4.73 Å². The molecule has 1 aromatic heterocycles. The Balaban J connectivity index is 2.51. The van der Waals surface area contributed by atoms with E-state index in [1.54, 1.807) is 6.20 Å². The zero-order chi connectivity index (χ0) is 9.26. The molecule has 68 valence electrons. The van der Waals surface area contributed by atoms with E-state index in [2.05, 4.69) is 4.28 Å². The van der Waals surface area contributed by atoms with Crippen LogP contribution in [0.3, 0.4) is 0 Å². The molecule has 0 aliphatic heterocycles. The second kappa shape index (κ2) is 3.20. The molecule has 0 aliphatic rings. The van der Waals surface area contributed by atoms with E-state index < -0.39 is 11.4 Å². The van der Waals surface area contributed by atoms with E-state index in [1.807, 2.05) is 30.3 Å². The van der Waals surface area contributed by atoms with Crippen LogP contribution < -0.4 is 4.28 Å². The van der Waals surface area contributed by atoms with Crippen LogP contribution >= 0.6 is 0 Å². The number of hydrogen-bond donors (Lipinski definition) is 1. The van der Waals surface area contributed by atoms with Gasteiger partial charge in [0, 0.05) is 11.6 Å². The summed E-state index contributed by atoms with van der Waals surface area (Å²) in [5.74, 6) is 0. The van der Waals surface area contributed by atoms with E-state index in [0.29, 0.717) is 0 Å². The topological polar surface area (TPSA) is 51.5 Å². The normalized spacial score (nSPS) is 13.0. The maximum absolute atomic E-state index is 10.4. The van der Waals surface area contributed by atoms with Crippen molar-refractivity contribution in [1.29, 1.82) is 0 Å². The molecule has 0 aliphatic carbocycles. The van der Waals surface area contributed by atoms with Gasteiger partial charge in [0.25, 0.3) is 0 Å². The first kappa shape index (κ1) is 8.28. The number of fused-ring (bicyclic) bond motifs is 1.